The van der Waals surface area contributed by atoms with E-state index in [1.54, 1.807) is 24.3 Å². The van der Waals surface area contributed by atoms with Crippen LogP contribution in [0.1, 0.15) is 12.5 Å². The van der Waals surface area contributed by atoms with Crippen LogP contribution >= 0.6 is 23.2 Å². The third-order valence-corrected chi connectivity index (χ3v) is 3.96. The monoisotopic (exact) mass is 327 g/mol. The molecule has 0 amide bonds. The Morgan fingerprint density at radius 3 is 2.52 bits per heavy atom. The van der Waals surface area contributed by atoms with Crippen LogP contribution in [0, 0.1) is 5.82 Å². The molecule has 0 spiro atoms. The van der Waals surface area contributed by atoms with Crippen LogP contribution in [0.2, 0.25) is 10.0 Å². The van der Waals surface area contributed by atoms with Gasteiger partial charge in [-0.2, -0.15) is 0 Å². The van der Waals surface area contributed by atoms with E-state index < -0.39 is 17.3 Å². The lowest BCUT2D eigenvalue weighted by Gasteiger charge is -2.29. The maximum Gasteiger partial charge on any atom is 0.333 e. The summed E-state index contributed by atoms with van der Waals surface area (Å²) in [4.78, 5) is 11.7. The lowest BCUT2D eigenvalue weighted by molar-refractivity contribution is -0.142. The molecule has 0 aliphatic rings. The lowest BCUT2D eigenvalue weighted by Crippen LogP contribution is -2.40. The van der Waals surface area contributed by atoms with Gasteiger partial charge in [0.15, 0.2) is 5.54 Å². The van der Waals surface area contributed by atoms with Gasteiger partial charge >= 0.3 is 5.97 Å². The Hall–Kier alpha value is -1.78. The minimum absolute atomic E-state index is 0.146. The highest BCUT2D eigenvalue weighted by molar-refractivity contribution is 6.42. The van der Waals surface area contributed by atoms with Gasteiger partial charge in [0.25, 0.3) is 0 Å². The number of nitrogens with one attached hydrogen (secondary N) is 1. The van der Waals surface area contributed by atoms with Crippen molar-refractivity contribution < 1.29 is 14.3 Å². The van der Waals surface area contributed by atoms with E-state index in [-0.39, 0.29) is 10.0 Å². The molecule has 0 radical (unpaired) electrons. The van der Waals surface area contributed by atoms with Gasteiger partial charge < -0.3 is 10.4 Å². The fourth-order valence-electron chi connectivity index (χ4n) is 1.98. The zero-order valence-corrected chi connectivity index (χ0v) is 12.5. The summed E-state index contributed by atoms with van der Waals surface area (Å²) < 4.78 is 13.3. The Morgan fingerprint density at radius 2 is 1.90 bits per heavy atom. The lowest BCUT2D eigenvalue weighted by atomic mass is 9.91. The Morgan fingerprint density at radius 1 is 1.24 bits per heavy atom. The van der Waals surface area contributed by atoms with E-state index in [9.17, 15) is 14.3 Å². The van der Waals surface area contributed by atoms with Crippen LogP contribution in [0.25, 0.3) is 0 Å². The van der Waals surface area contributed by atoms with Crippen molar-refractivity contribution in [3.05, 3.63) is 63.9 Å². The summed E-state index contributed by atoms with van der Waals surface area (Å²) in [6.45, 7) is 1.44. The molecule has 0 heterocycles. The molecule has 0 aliphatic carbocycles. The Bertz CT molecular complexity index is 693. The van der Waals surface area contributed by atoms with Crippen LogP contribution < -0.4 is 5.32 Å². The van der Waals surface area contributed by atoms with Crippen molar-refractivity contribution in [3.8, 4) is 0 Å². The van der Waals surface area contributed by atoms with Gasteiger partial charge in [0, 0.05) is 11.3 Å². The van der Waals surface area contributed by atoms with E-state index in [2.05, 4.69) is 5.32 Å². The van der Waals surface area contributed by atoms with Crippen molar-refractivity contribution in [2.45, 2.75) is 12.5 Å². The molecular weight excluding hydrogens is 316 g/mol. The van der Waals surface area contributed by atoms with Crippen LogP contribution in [0.5, 0.6) is 0 Å². The van der Waals surface area contributed by atoms with Crippen molar-refractivity contribution in [1.82, 2.24) is 0 Å². The van der Waals surface area contributed by atoms with Gasteiger partial charge in [0.1, 0.15) is 5.82 Å². The van der Waals surface area contributed by atoms with E-state index in [1.165, 1.54) is 25.1 Å². The number of hydrogen-bond acceptors (Lipinski definition) is 2. The number of carboxylic acid groups (broad SMARTS) is 1. The fraction of sp³-hybridized carbons (Fsp3) is 0.133. The molecule has 2 aromatic rings. The average molecular weight is 328 g/mol. The van der Waals surface area contributed by atoms with Crippen molar-refractivity contribution in [1.29, 1.82) is 0 Å². The first kappa shape index (κ1) is 15.6. The quantitative estimate of drug-likeness (QED) is 0.866. The molecule has 2 aromatic carbocycles. The maximum absolute atomic E-state index is 13.3. The van der Waals surface area contributed by atoms with Crippen molar-refractivity contribution in [2.24, 2.45) is 0 Å². The van der Waals surface area contributed by atoms with Gasteiger partial charge in [0.2, 0.25) is 0 Å². The standard InChI is InChI=1S/C15H12Cl2FNO2/c1-15(14(20)21,11-6-3-7-12(16)13(11)17)19-10-5-2-4-9(18)8-10/h2-8,19H,1H3,(H,20,21). The van der Waals surface area contributed by atoms with E-state index in [1.807, 2.05) is 0 Å². The van der Waals surface area contributed by atoms with Crippen LogP contribution in [0.15, 0.2) is 42.5 Å². The van der Waals surface area contributed by atoms with Crippen LogP contribution in [0.3, 0.4) is 0 Å². The highest BCUT2D eigenvalue weighted by atomic mass is 35.5. The highest BCUT2D eigenvalue weighted by Gasteiger charge is 2.37. The number of halogens is 3. The van der Waals surface area contributed by atoms with Gasteiger partial charge in [-0.15, -0.1) is 0 Å². The Balaban J connectivity index is 2.51. The molecule has 0 saturated heterocycles. The summed E-state index contributed by atoms with van der Waals surface area (Å²) in [7, 11) is 0. The van der Waals surface area contributed by atoms with Crippen LogP contribution in [-0.4, -0.2) is 11.1 Å². The highest BCUT2D eigenvalue weighted by Crippen LogP contribution is 2.35. The first-order chi connectivity index (χ1) is 9.84. The van der Waals surface area contributed by atoms with Crippen LogP contribution in [0.4, 0.5) is 10.1 Å². The second-order valence-electron chi connectivity index (χ2n) is 4.67. The summed E-state index contributed by atoms with van der Waals surface area (Å²) in [6.07, 6.45) is 0. The van der Waals surface area contributed by atoms with Crippen molar-refractivity contribution >= 4 is 34.9 Å². The van der Waals surface area contributed by atoms with E-state index in [0.29, 0.717) is 11.3 Å². The smallest absolute Gasteiger partial charge is 0.333 e. The number of carboxylic acids is 1. The molecule has 1 atom stereocenters. The first-order valence-electron chi connectivity index (χ1n) is 6.06. The minimum Gasteiger partial charge on any atom is -0.479 e. The maximum atomic E-state index is 13.3. The Labute approximate surface area is 131 Å². The van der Waals surface area contributed by atoms with Gasteiger partial charge in [-0.05, 0) is 31.2 Å². The van der Waals surface area contributed by atoms with Crippen molar-refractivity contribution in [2.75, 3.05) is 5.32 Å². The summed E-state index contributed by atoms with van der Waals surface area (Å²) in [5.41, 5.74) is -0.917. The molecule has 0 aromatic heterocycles. The average Bonchev–Trinajstić information content (AvgIpc) is 2.41. The number of rotatable bonds is 4. The molecule has 2 rings (SSSR count). The number of benzene rings is 2. The van der Waals surface area contributed by atoms with Gasteiger partial charge in [-0.25, -0.2) is 9.18 Å². The number of anilines is 1. The zero-order chi connectivity index (χ0) is 15.6. The molecule has 0 aliphatic heterocycles. The summed E-state index contributed by atoms with van der Waals surface area (Å²) in [5.74, 6) is -1.62. The topological polar surface area (TPSA) is 49.3 Å². The zero-order valence-electron chi connectivity index (χ0n) is 11.0. The summed E-state index contributed by atoms with van der Waals surface area (Å²) >= 11 is 12.0. The molecule has 1 unspecified atom stereocenters. The van der Waals surface area contributed by atoms with Crippen LogP contribution in [-0.2, 0) is 10.3 Å². The summed E-state index contributed by atoms with van der Waals surface area (Å²) in [6, 6.07) is 10.3. The van der Waals surface area contributed by atoms with Crippen molar-refractivity contribution in [3.63, 3.8) is 0 Å². The predicted molar refractivity (Wildman–Crippen MR) is 81.5 cm³/mol. The second-order valence-corrected chi connectivity index (χ2v) is 5.45. The SMILES string of the molecule is CC(Nc1cccc(F)c1)(C(=O)O)c1cccc(Cl)c1Cl. The molecule has 0 saturated carbocycles. The summed E-state index contributed by atoms with van der Waals surface area (Å²) in [5, 5.41) is 12.8. The first-order valence-corrected chi connectivity index (χ1v) is 6.82. The molecular formula is C15H12Cl2FNO2. The number of hydrogen-bond donors (Lipinski definition) is 2. The third kappa shape index (κ3) is 3.12. The molecule has 6 heteroatoms. The number of aliphatic carboxylic acids is 1. The molecule has 0 fully saturated rings. The Kier molecular flexibility index (Phi) is 4.40. The molecule has 21 heavy (non-hydrogen) atoms. The van der Waals surface area contributed by atoms with E-state index in [4.69, 9.17) is 23.2 Å². The van der Waals surface area contributed by atoms with Gasteiger partial charge in [-0.3, -0.25) is 0 Å². The normalized spacial score (nSPS) is 13.5. The third-order valence-electron chi connectivity index (χ3n) is 3.14. The minimum atomic E-state index is -1.55. The van der Waals surface area contributed by atoms with E-state index in [0.717, 1.165) is 0 Å². The fourth-order valence-corrected chi connectivity index (χ4v) is 2.47. The number of carbonyl (C=O) groups is 1. The van der Waals surface area contributed by atoms with Gasteiger partial charge in [0.05, 0.1) is 10.0 Å². The second kappa shape index (κ2) is 5.92. The molecule has 3 nitrogen and oxygen atoms in total. The predicted octanol–water partition coefficient (Wildman–Crippen LogP) is 4.54. The van der Waals surface area contributed by atoms with E-state index >= 15 is 0 Å². The molecule has 2 N–H and O–H groups in total. The largest absolute Gasteiger partial charge is 0.479 e. The molecule has 110 valence electrons. The molecule has 0 bridgehead atoms. The van der Waals surface area contributed by atoms with Gasteiger partial charge in [-0.1, -0.05) is 41.4 Å².